The molecule has 2 N–H and O–H groups in total. The van der Waals surface area contributed by atoms with Gasteiger partial charge in [0.1, 0.15) is 0 Å². The molecule has 3 rings (SSSR count). The highest BCUT2D eigenvalue weighted by Gasteiger charge is 2.28. The summed E-state index contributed by atoms with van der Waals surface area (Å²) in [5.74, 6) is 0.257. The number of hydrogen-bond donors (Lipinski definition) is 1. The highest BCUT2D eigenvalue weighted by Crippen LogP contribution is 2.28. The number of piperazine rings is 1. The van der Waals surface area contributed by atoms with E-state index in [4.69, 9.17) is 5.73 Å². The van der Waals surface area contributed by atoms with E-state index >= 15 is 0 Å². The van der Waals surface area contributed by atoms with Crippen LogP contribution in [0.5, 0.6) is 0 Å². The van der Waals surface area contributed by atoms with Gasteiger partial charge in [0.2, 0.25) is 5.82 Å². The molecule has 0 radical (unpaired) electrons. The van der Waals surface area contributed by atoms with Crippen LogP contribution in [0.4, 0.5) is 17.3 Å². The Morgan fingerprint density at radius 2 is 1.77 bits per heavy atom. The van der Waals surface area contributed by atoms with Gasteiger partial charge >= 0.3 is 5.69 Å². The van der Waals surface area contributed by atoms with Gasteiger partial charge in [-0.25, -0.2) is 4.98 Å². The molecule has 1 fully saturated rings. The summed E-state index contributed by atoms with van der Waals surface area (Å²) < 4.78 is 0. The molecule has 1 aliphatic heterocycles. The summed E-state index contributed by atoms with van der Waals surface area (Å²) in [4.78, 5) is 30.6. The third kappa shape index (κ3) is 3.13. The van der Waals surface area contributed by atoms with Crippen LogP contribution < -0.4 is 15.5 Å². The molecule has 0 aromatic carbocycles. The Bertz CT molecular complexity index is 863. The minimum absolute atomic E-state index is 0.0234. The van der Waals surface area contributed by atoms with Crippen LogP contribution >= 0.6 is 0 Å². The van der Waals surface area contributed by atoms with Gasteiger partial charge in [-0.3, -0.25) is 14.9 Å². The summed E-state index contributed by atoms with van der Waals surface area (Å²) in [5.41, 5.74) is 7.25. The average molecular weight is 357 g/mol. The summed E-state index contributed by atoms with van der Waals surface area (Å²) in [6.07, 6.45) is 1.54. The van der Waals surface area contributed by atoms with Gasteiger partial charge in [-0.2, -0.15) is 5.10 Å². The molecule has 0 unspecified atom stereocenters. The van der Waals surface area contributed by atoms with Crippen LogP contribution in [0.2, 0.25) is 0 Å². The first-order valence-electron chi connectivity index (χ1n) is 8.13. The van der Waals surface area contributed by atoms with E-state index in [1.807, 2.05) is 9.80 Å². The quantitative estimate of drug-likeness (QED) is 0.628. The zero-order valence-electron chi connectivity index (χ0n) is 14.5. The van der Waals surface area contributed by atoms with Crippen LogP contribution in [0.15, 0.2) is 18.3 Å². The fourth-order valence-corrected chi connectivity index (χ4v) is 3.02. The molecule has 0 saturated carbocycles. The van der Waals surface area contributed by atoms with Crippen molar-refractivity contribution in [2.45, 2.75) is 13.8 Å². The minimum atomic E-state index is -0.543. The molecule has 0 bridgehead atoms. The third-order valence-corrected chi connectivity index (χ3v) is 4.52. The number of nitrogens with zero attached hydrogens (tertiary/aromatic N) is 6. The minimum Gasteiger partial charge on any atom is -0.365 e. The number of anilines is 2. The number of nitro groups is 1. The van der Waals surface area contributed by atoms with Gasteiger partial charge in [0.05, 0.1) is 16.2 Å². The van der Waals surface area contributed by atoms with E-state index in [0.717, 1.165) is 0 Å². The molecular formula is C16H19N7O3. The maximum absolute atomic E-state index is 11.9. The van der Waals surface area contributed by atoms with Crippen LogP contribution in [0.3, 0.4) is 0 Å². The Morgan fingerprint density at radius 1 is 1.15 bits per heavy atom. The SMILES string of the molecule is Cc1nnc(N2CCN(c3ncccc3[N+](=O)[O-])CC2)c(C(N)=O)c1C. The maximum atomic E-state index is 11.9. The molecule has 2 aromatic rings. The third-order valence-electron chi connectivity index (χ3n) is 4.52. The second-order valence-corrected chi connectivity index (χ2v) is 6.05. The number of rotatable bonds is 4. The normalized spacial score (nSPS) is 14.4. The van der Waals surface area contributed by atoms with E-state index in [1.54, 1.807) is 19.9 Å². The number of aromatic nitrogens is 3. The molecule has 3 heterocycles. The van der Waals surface area contributed by atoms with E-state index in [-0.39, 0.29) is 5.69 Å². The lowest BCUT2D eigenvalue weighted by Gasteiger charge is -2.36. The molecule has 0 aliphatic carbocycles. The van der Waals surface area contributed by atoms with Gasteiger partial charge in [-0.15, -0.1) is 5.10 Å². The molecular weight excluding hydrogens is 338 g/mol. The zero-order valence-corrected chi connectivity index (χ0v) is 14.5. The van der Waals surface area contributed by atoms with E-state index in [0.29, 0.717) is 54.6 Å². The first-order valence-corrected chi connectivity index (χ1v) is 8.13. The van der Waals surface area contributed by atoms with Gasteiger partial charge in [0.15, 0.2) is 5.82 Å². The molecule has 10 nitrogen and oxygen atoms in total. The number of amides is 1. The standard InChI is InChI=1S/C16H19N7O3/c1-10-11(2)19-20-16(13(10)14(17)24)22-8-6-21(7-9-22)15-12(23(25)26)4-3-5-18-15/h3-5H,6-9H2,1-2H3,(H2,17,24). The summed E-state index contributed by atoms with van der Waals surface area (Å²) in [7, 11) is 0. The molecule has 0 atom stereocenters. The monoisotopic (exact) mass is 357 g/mol. The van der Waals surface area contributed by atoms with Gasteiger partial charge < -0.3 is 15.5 Å². The first-order chi connectivity index (χ1) is 12.4. The Kier molecular flexibility index (Phi) is 4.65. The average Bonchev–Trinajstić information content (AvgIpc) is 2.63. The molecule has 1 amide bonds. The van der Waals surface area contributed by atoms with Crippen molar-refractivity contribution in [1.82, 2.24) is 15.2 Å². The number of aryl methyl sites for hydroxylation is 1. The van der Waals surface area contributed by atoms with Crippen LogP contribution in [0.1, 0.15) is 21.6 Å². The lowest BCUT2D eigenvalue weighted by Crippen LogP contribution is -2.48. The predicted octanol–water partition coefficient (Wildman–Crippen LogP) is 0.822. The fourth-order valence-electron chi connectivity index (χ4n) is 3.02. The lowest BCUT2D eigenvalue weighted by molar-refractivity contribution is -0.384. The van der Waals surface area contributed by atoms with Crippen LogP contribution in [0, 0.1) is 24.0 Å². The second kappa shape index (κ2) is 6.90. The van der Waals surface area contributed by atoms with Crippen molar-refractivity contribution in [2.75, 3.05) is 36.0 Å². The summed E-state index contributed by atoms with van der Waals surface area (Å²) in [6, 6.07) is 2.98. The topological polar surface area (TPSA) is 131 Å². The van der Waals surface area contributed by atoms with Crippen molar-refractivity contribution in [1.29, 1.82) is 0 Å². The Hall–Kier alpha value is -3.30. The number of primary amides is 1. The van der Waals surface area contributed by atoms with E-state index in [1.165, 1.54) is 12.3 Å². The largest absolute Gasteiger partial charge is 0.365 e. The van der Waals surface area contributed by atoms with Crippen molar-refractivity contribution in [3.8, 4) is 0 Å². The molecule has 26 heavy (non-hydrogen) atoms. The molecule has 0 spiro atoms. The lowest BCUT2D eigenvalue weighted by atomic mass is 10.1. The number of carbonyl (C=O) groups excluding carboxylic acids is 1. The number of hydrogen-bond acceptors (Lipinski definition) is 8. The smallest absolute Gasteiger partial charge is 0.311 e. The molecule has 2 aromatic heterocycles. The highest BCUT2D eigenvalue weighted by molar-refractivity contribution is 5.99. The van der Waals surface area contributed by atoms with E-state index < -0.39 is 10.8 Å². The molecule has 136 valence electrons. The zero-order chi connectivity index (χ0) is 18.8. The highest BCUT2D eigenvalue weighted by atomic mass is 16.6. The molecule has 10 heteroatoms. The number of nitrogens with two attached hydrogens (primary N) is 1. The predicted molar refractivity (Wildman–Crippen MR) is 95.3 cm³/mol. The van der Waals surface area contributed by atoms with Crippen molar-refractivity contribution in [3.05, 3.63) is 45.3 Å². The van der Waals surface area contributed by atoms with E-state index in [9.17, 15) is 14.9 Å². The number of pyridine rings is 1. The van der Waals surface area contributed by atoms with Crippen LogP contribution in [-0.4, -0.2) is 52.2 Å². The van der Waals surface area contributed by atoms with Crippen molar-refractivity contribution in [2.24, 2.45) is 5.73 Å². The van der Waals surface area contributed by atoms with Crippen molar-refractivity contribution < 1.29 is 9.72 Å². The van der Waals surface area contributed by atoms with E-state index in [2.05, 4.69) is 15.2 Å². The fraction of sp³-hybridized carbons (Fsp3) is 0.375. The van der Waals surface area contributed by atoms with Gasteiger partial charge in [-0.1, -0.05) is 0 Å². The number of carbonyl (C=O) groups is 1. The maximum Gasteiger partial charge on any atom is 0.311 e. The van der Waals surface area contributed by atoms with Crippen molar-refractivity contribution >= 4 is 23.2 Å². The Labute approximate surface area is 149 Å². The van der Waals surface area contributed by atoms with Gasteiger partial charge in [0, 0.05) is 38.4 Å². The molecule has 1 aliphatic rings. The second-order valence-electron chi connectivity index (χ2n) is 6.05. The van der Waals surface area contributed by atoms with Crippen LogP contribution in [-0.2, 0) is 0 Å². The summed E-state index contributed by atoms with van der Waals surface area (Å²) in [5, 5.41) is 19.5. The Balaban J connectivity index is 1.83. The van der Waals surface area contributed by atoms with Crippen molar-refractivity contribution in [3.63, 3.8) is 0 Å². The van der Waals surface area contributed by atoms with Crippen LogP contribution in [0.25, 0.3) is 0 Å². The summed E-state index contributed by atoms with van der Waals surface area (Å²) in [6.45, 7) is 5.61. The van der Waals surface area contributed by atoms with Gasteiger partial charge in [-0.05, 0) is 25.5 Å². The summed E-state index contributed by atoms with van der Waals surface area (Å²) >= 11 is 0. The first kappa shape index (κ1) is 17.5. The van der Waals surface area contributed by atoms with Gasteiger partial charge in [0.25, 0.3) is 5.91 Å². The Morgan fingerprint density at radius 3 is 2.35 bits per heavy atom. The molecule has 1 saturated heterocycles.